The summed E-state index contributed by atoms with van der Waals surface area (Å²) in [5.74, 6) is -0.295. The number of alkyl halides is 3. The average molecular weight is 608 g/mol. The van der Waals surface area contributed by atoms with Crippen LogP contribution in [0, 0.1) is 0 Å². The fourth-order valence-electron chi connectivity index (χ4n) is 6.20. The maximum Gasteiger partial charge on any atom is 0.416 e. The van der Waals surface area contributed by atoms with Gasteiger partial charge in [0.25, 0.3) is 5.56 Å². The van der Waals surface area contributed by atoms with Gasteiger partial charge in [-0.25, -0.2) is 4.79 Å². The number of esters is 1. The number of hydrogen-bond donors (Lipinski definition) is 0. The van der Waals surface area contributed by atoms with Crippen LogP contribution in [0.3, 0.4) is 0 Å². The Morgan fingerprint density at radius 1 is 0.977 bits per heavy atom. The number of fused-ring (bicyclic) bond motifs is 2. The van der Waals surface area contributed by atoms with Crippen LogP contribution >= 0.6 is 11.6 Å². The molecule has 0 fully saturated rings. The molecule has 0 aliphatic carbocycles. The van der Waals surface area contributed by atoms with Crippen molar-refractivity contribution < 1.29 is 22.7 Å². The predicted molar refractivity (Wildman–Crippen MR) is 161 cm³/mol. The lowest BCUT2D eigenvalue weighted by Gasteiger charge is -2.33. The molecule has 1 aromatic heterocycles. The molecule has 0 amide bonds. The van der Waals surface area contributed by atoms with Gasteiger partial charge in [-0.3, -0.25) is 9.36 Å². The summed E-state index contributed by atoms with van der Waals surface area (Å²) in [6, 6.07) is 21.4. The molecule has 0 bridgehead atoms. The zero-order valence-corrected chi connectivity index (χ0v) is 24.2. The van der Waals surface area contributed by atoms with Gasteiger partial charge in [-0.05, 0) is 47.7 Å². The minimum absolute atomic E-state index is 0.0924. The van der Waals surface area contributed by atoms with Gasteiger partial charge in [0.2, 0.25) is 0 Å². The number of nitrogens with zero attached hydrogens (tertiary/aromatic N) is 3. The number of aromatic nitrogens is 1. The van der Waals surface area contributed by atoms with Crippen molar-refractivity contribution >= 4 is 29.1 Å². The van der Waals surface area contributed by atoms with Gasteiger partial charge >= 0.3 is 12.1 Å². The summed E-state index contributed by atoms with van der Waals surface area (Å²) >= 11 is 6.88. The Bertz CT molecular complexity index is 1740. The number of aryl methyl sites for hydroxylation is 1. The Kier molecular flexibility index (Phi) is 7.68. The molecule has 0 spiro atoms. The van der Waals surface area contributed by atoms with Gasteiger partial charge in [0.1, 0.15) is 10.8 Å². The van der Waals surface area contributed by atoms with E-state index in [0.29, 0.717) is 30.0 Å². The van der Waals surface area contributed by atoms with E-state index in [1.807, 2.05) is 53.4 Å². The van der Waals surface area contributed by atoms with Crippen molar-refractivity contribution in [3.05, 3.63) is 116 Å². The summed E-state index contributed by atoms with van der Waals surface area (Å²) < 4.78 is 48.2. The minimum Gasteiger partial charge on any atom is -0.467 e. The largest absolute Gasteiger partial charge is 0.467 e. The first kappa shape index (κ1) is 28.9. The first-order chi connectivity index (χ1) is 20.7. The van der Waals surface area contributed by atoms with Crippen LogP contribution in [0.15, 0.2) is 83.7 Å². The zero-order chi connectivity index (χ0) is 30.3. The SMILES string of the molecule is COC(=O)C1CN(Cc2ccccc2)c2c(-c3cccc(C(F)(F)F)c3)c(CN3CCCc4ccccc43)c(Cl)c(=O)n21. The Balaban J connectivity index is 1.62. The highest BCUT2D eigenvalue weighted by atomic mass is 35.5. The van der Waals surface area contributed by atoms with E-state index < -0.39 is 29.3 Å². The van der Waals surface area contributed by atoms with Gasteiger partial charge in [-0.1, -0.05) is 72.3 Å². The fraction of sp³-hybridized carbons (Fsp3) is 0.273. The molecule has 6 nitrogen and oxygen atoms in total. The van der Waals surface area contributed by atoms with Gasteiger partial charge in [0.05, 0.1) is 19.2 Å². The number of anilines is 2. The molecule has 0 saturated heterocycles. The highest BCUT2D eigenvalue weighted by Crippen LogP contribution is 2.44. The maximum atomic E-state index is 14.0. The predicted octanol–water partition coefficient (Wildman–Crippen LogP) is 6.87. The van der Waals surface area contributed by atoms with Crippen molar-refractivity contribution in [2.75, 3.05) is 30.0 Å². The summed E-state index contributed by atoms with van der Waals surface area (Å²) in [5, 5.41) is -0.130. The quantitative estimate of drug-likeness (QED) is 0.224. The highest BCUT2D eigenvalue weighted by molar-refractivity contribution is 6.31. The Labute approximate surface area is 251 Å². The molecule has 0 N–H and O–H groups in total. The molecule has 3 aromatic carbocycles. The van der Waals surface area contributed by atoms with E-state index in [4.69, 9.17) is 16.3 Å². The summed E-state index contributed by atoms with van der Waals surface area (Å²) in [6.07, 6.45) is -2.81. The van der Waals surface area contributed by atoms with Crippen molar-refractivity contribution in [2.24, 2.45) is 0 Å². The van der Waals surface area contributed by atoms with Gasteiger partial charge in [-0.15, -0.1) is 0 Å². The second kappa shape index (κ2) is 11.4. The lowest BCUT2D eigenvalue weighted by atomic mass is 9.96. The number of carbonyl (C=O) groups excluding carboxylic acids is 1. The van der Waals surface area contributed by atoms with E-state index in [0.717, 1.165) is 41.8 Å². The third kappa shape index (κ3) is 5.38. The monoisotopic (exact) mass is 607 g/mol. The van der Waals surface area contributed by atoms with Crippen LogP contribution < -0.4 is 15.4 Å². The number of ether oxygens (including phenoxy) is 1. The minimum atomic E-state index is -4.58. The Morgan fingerprint density at radius 3 is 2.47 bits per heavy atom. The van der Waals surface area contributed by atoms with Crippen LogP contribution in [-0.4, -0.2) is 30.7 Å². The molecule has 3 heterocycles. The molecule has 10 heteroatoms. The normalized spacial score (nSPS) is 16.2. The Morgan fingerprint density at radius 2 is 1.72 bits per heavy atom. The molecule has 222 valence electrons. The van der Waals surface area contributed by atoms with E-state index >= 15 is 0 Å². The zero-order valence-electron chi connectivity index (χ0n) is 23.4. The van der Waals surface area contributed by atoms with E-state index in [2.05, 4.69) is 11.0 Å². The molecule has 2 aliphatic rings. The number of halogens is 4. The number of methoxy groups -OCH3 is 1. The molecular formula is C33H29ClF3N3O3. The van der Waals surface area contributed by atoms with E-state index in [9.17, 15) is 22.8 Å². The number of rotatable bonds is 6. The van der Waals surface area contributed by atoms with Crippen LogP contribution in [0.2, 0.25) is 5.02 Å². The van der Waals surface area contributed by atoms with Crippen molar-refractivity contribution in [3.63, 3.8) is 0 Å². The molecule has 43 heavy (non-hydrogen) atoms. The molecule has 1 unspecified atom stereocenters. The average Bonchev–Trinajstić information content (AvgIpc) is 3.38. The summed E-state index contributed by atoms with van der Waals surface area (Å²) in [6.45, 7) is 1.29. The van der Waals surface area contributed by atoms with Gasteiger partial charge < -0.3 is 14.5 Å². The number of hydrogen-bond acceptors (Lipinski definition) is 5. The second-order valence-electron chi connectivity index (χ2n) is 10.8. The van der Waals surface area contributed by atoms with Crippen molar-refractivity contribution in [2.45, 2.75) is 38.1 Å². The van der Waals surface area contributed by atoms with Crippen molar-refractivity contribution in [1.82, 2.24) is 4.57 Å². The molecule has 0 radical (unpaired) electrons. The lowest BCUT2D eigenvalue weighted by molar-refractivity contribution is -0.144. The number of pyridine rings is 1. The molecule has 6 rings (SSSR count). The summed E-state index contributed by atoms with van der Waals surface area (Å²) in [4.78, 5) is 31.0. The summed E-state index contributed by atoms with van der Waals surface area (Å²) in [5.41, 5.74) is 2.70. The third-order valence-corrected chi connectivity index (χ3v) is 8.54. The van der Waals surface area contributed by atoms with E-state index in [-0.39, 0.29) is 23.7 Å². The third-order valence-electron chi connectivity index (χ3n) is 8.15. The molecule has 0 saturated carbocycles. The first-order valence-electron chi connectivity index (χ1n) is 14.0. The number of para-hydroxylation sites is 1. The Hall–Kier alpha value is -4.24. The van der Waals surface area contributed by atoms with Gasteiger partial charge in [-0.2, -0.15) is 13.2 Å². The van der Waals surface area contributed by atoms with Crippen LogP contribution in [0.25, 0.3) is 11.1 Å². The molecule has 2 aliphatic heterocycles. The van der Waals surface area contributed by atoms with Crippen LogP contribution in [0.1, 0.15) is 34.7 Å². The van der Waals surface area contributed by atoms with Crippen LogP contribution in [-0.2, 0) is 35.2 Å². The lowest BCUT2D eigenvalue weighted by Crippen LogP contribution is -2.33. The van der Waals surface area contributed by atoms with Crippen molar-refractivity contribution in [3.8, 4) is 11.1 Å². The topological polar surface area (TPSA) is 54.8 Å². The molecule has 1 atom stereocenters. The van der Waals surface area contributed by atoms with Gasteiger partial charge in [0, 0.05) is 36.4 Å². The second-order valence-corrected chi connectivity index (χ2v) is 11.2. The fourth-order valence-corrected chi connectivity index (χ4v) is 6.45. The van der Waals surface area contributed by atoms with Crippen molar-refractivity contribution in [1.29, 1.82) is 0 Å². The molecular weight excluding hydrogens is 579 g/mol. The van der Waals surface area contributed by atoms with Crippen LogP contribution in [0.5, 0.6) is 0 Å². The standard InChI is InChI=1S/C33H29ClF3N3O3/c1-43-32(42)27-20-39(18-21-9-3-2-4-10-21)30-28(23-12-7-14-24(17-23)33(35,36)37)25(29(34)31(41)40(27)30)19-38-16-8-13-22-11-5-6-15-26(22)38/h2-7,9-12,14-15,17,27H,8,13,16,18-20H2,1H3. The maximum absolute atomic E-state index is 14.0. The van der Waals surface area contributed by atoms with E-state index in [1.165, 1.54) is 17.7 Å². The smallest absolute Gasteiger partial charge is 0.416 e. The highest BCUT2D eigenvalue weighted by Gasteiger charge is 2.40. The van der Waals surface area contributed by atoms with Crippen LogP contribution in [0.4, 0.5) is 24.7 Å². The summed E-state index contributed by atoms with van der Waals surface area (Å²) in [7, 11) is 1.24. The van der Waals surface area contributed by atoms with E-state index in [1.54, 1.807) is 6.07 Å². The first-order valence-corrected chi connectivity index (χ1v) is 14.4. The number of benzene rings is 3. The van der Waals surface area contributed by atoms with Gasteiger partial charge in [0.15, 0.2) is 6.04 Å². The number of carbonyl (C=O) groups is 1. The molecule has 4 aromatic rings.